The maximum absolute atomic E-state index is 6.00. The smallest absolute Gasteiger partial charge is 0.0415 e. The van der Waals surface area contributed by atoms with Gasteiger partial charge in [0.15, 0.2) is 0 Å². The molecule has 0 aliphatic rings. The van der Waals surface area contributed by atoms with Gasteiger partial charge in [0.2, 0.25) is 0 Å². The lowest BCUT2D eigenvalue weighted by molar-refractivity contribution is 0.462. The lowest BCUT2D eigenvalue weighted by Crippen LogP contribution is -2.16. The fraction of sp³-hybridized carbons (Fsp3) is 0.556. The van der Waals surface area contributed by atoms with Gasteiger partial charge in [-0.25, -0.2) is 0 Å². The maximum Gasteiger partial charge on any atom is 0.0415 e. The fourth-order valence-electron chi connectivity index (χ4n) is 1.02. The summed E-state index contributed by atoms with van der Waals surface area (Å²) >= 11 is 1.75. The van der Waals surface area contributed by atoms with Crippen molar-refractivity contribution < 1.29 is 0 Å². The molecule has 0 aliphatic carbocycles. The maximum atomic E-state index is 6.00. The molecule has 0 fully saturated rings. The predicted molar refractivity (Wildman–Crippen MR) is 50.7 cm³/mol. The molecule has 1 aromatic heterocycles. The molecule has 0 saturated heterocycles. The largest absolute Gasteiger partial charge is 0.323 e. The molecule has 0 bridgehead atoms. The summed E-state index contributed by atoms with van der Waals surface area (Å²) in [6, 6.07) is 4.41. The second-order valence-electron chi connectivity index (χ2n) is 2.93. The third kappa shape index (κ3) is 2.04. The Morgan fingerprint density at radius 1 is 1.64 bits per heavy atom. The molecule has 0 aromatic carbocycles. The van der Waals surface area contributed by atoms with E-state index in [1.165, 1.54) is 4.88 Å². The third-order valence-electron chi connectivity index (χ3n) is 2.13. The lowest BCUT2D eigenvalue weighted by atomic mass is 9.99. The van der Waals surface area contributed by atoms with Crippen LogP contribution in [0.15, 0.2) is 17.5 Å². The van der Waals surface area contributed by atoms with E-state index in [2.05, 4.69) is 31.4 Å². The molecular formula is C9H15NS. The molecular weight excluding hydrogens is 154 g/mol. The molecule has 2 heteroatoms. The Morgan fingerprint density at radius 2 is 2.36 bits per heavy atom. The van der Waals surface area contributed by atoms with Gasteiger partial charge in [0.25, 0.3) is 0 Å². The Hall–Kier alpha value is -0.340. The van der Waals surface area contributed by atoms with Crippen molar-refractivity contribution in [2.45, 2.75) is 26.3 Å². The van der Waals surface area contributed by atoms with E-state index in [1.807, 2.05) is 0 Å². The highest BCUT2D eigenvalue weighted by Crippen LogP contribution is 2.24. The second kappa shape index (κ2) is 3.88. The summed E-state index contributed by atoms with van der Waals surface area (Å²) < 4.78 is 0. The molecule has 1 rings (SSSR count). The molecule has 1 unspecified atom stereocenters. The summed E-state index contributed by atoms with van der Waals surface area (Å²) in [5, 5.41) is 2.08. The van der Waals surface area contributed by atoms with E-state index >= 15 is 0 Å². The Bertz CT molecular complexity index is 193. The van der Waals surface area contributed by atoms with E-state index in [9.17, 15) is 0 Å². The topological polar surface area (TPSA) is 26.0 Å². The standard InChI is InChI=1S/C9H15NS/c1-3-7(2)9(10)8-5-4-6-11-8/h4-7,9H,3,10H2,1-2H3/t7?,9-/m1/s1. The van der Waals surface area contributed by atoms with Gasteiger partial charge in [0.1, 0.15) is 0 Å². The van der Waals surface area contributed by atoms with Crippen molar-refractivity contribution in [3.8, 4) is 0 Å². The van der Waals surface area contributed by atoms with Gasteiger partial charge in [-0.2, -0.15) is 0 Å². The summed E-state index contributed by atoms with van der Waals surface area (Å²) in [5.74, 6) is 0.591. The van der Waals surface area contributed by atoms with E-state index in [1.54, 1.807) is 11.3 Å². The van der Waals surface area contributed by atoms with Crippen molar-refractivity contribution in [2.24, 2.45) is 11.7 Å². The molecule has 2 atom stereocenters. The van der Waals surface area contributed by atoms with Crippen LogP contribution in [0.2, 0.25) is 0 Å². The molecule has 11 heavy (non-hydrogen) atoms. The van der Waals surface area contributed by atoms with Crippen LogP contribution in [0.4, 0.5) is 0 Å². The van der Waals surface area contributed by atoms with Crippen LogP contribution in [0.25, 0.3) is 0 Å². The van der Waals surface area contributed by atoms with Crippen molar-refractivity contribution >= 4 is 11.3 Å². The first-order chi connectivity index (χ1) is 5.25. The zero-order valence-corrected chi connectivity index (χ0v) is 7.90. The highest BCUT2D eigenvalue weighted by atomic mass is 32.1. The fourth-order valence-corrected chi connectivity index (χ4v) is 1.88. The molecule has 1 aromatic rings. The highest BCUT2D eigenvalue weighted by Gasteiger charge is 2.12. The van der Waals surface area contributed by atoms with Crippen LogP contribution in [0.5, 0.6) is 0 Å². The summed E-state index contributed by atoms with van der Waals surface area (Å²) in [7, 11) is 0. The molecule has 1 heterocycles. The van der Waals surface area contributed by atoms with Gasteiger partial charge < -0.3 is 5.73 Å². The first kappa shape index (κ1) is 8.75. The minimum atomic E-state index is 0.236. The molecule has 0 amide bonds. The third-order valence-corrected chi connectivity index (χ3v) is 3.10. The first-order valence-corrected chi connectivity index (χ1v) is 4.92. The van der Waals surface area contributed by atoms with E-state index < -0.39 is 0 Å². The molecule has 62 valence electrons. The number of hydrogen-bond donors (Lipinski definition) is 1. The van der Waals surface area contributed by atoms with Crippen LogP contribution < -0.4 is 5.73 Å². The average molecular weight is 169 g/mol. The van der Waals surface area contributed by atoms with Crippen LogP contribution in [0.1, 0.15) is 31.2 Å². The zero-order chi connectivity index (χ0) is 8.27. The van der Waals surface area contributed by atoms with E-state index in [0.717, 1.165) is 6.42 Å². The van der Waals surface area contributed by atoms with Crippen molar-refractivity contribution in [3.63, 3.8) is 0 Å². The average Bonchev–Trinajstić information content (AvgIpc) is 2.53. The van der Waals surface area contributed by atoms with Gasteiger partial charge in [-0.15, -0.1) is 11.3 Å². The van der Waals surface area contributed by atoms with Gasteiger partial charge in [0, 0.05) is 10.9 Å². The second-order valence-corrected chi connectivity index (χ2v) is 3.91. The van der Waals surface area contributed by atoms with Crippen LogP contribution >= 0.6 is 11.3 Å². The van der Waals surface area contributed by atoms with Gasteiger partial charge in [-0.1, -0.05) is 26.3 Å². The summed E-state index contributed by atoms with van der Waals surface area (Å²) in [6.45, 7) is 4.38. The van der Waals surface area contributed by atoms with Crippen molar-refractivity contribution in [2.75, 3.05) is 0 Å². The minimum absolute atomic E-state index is 0.236. The molecule has 0 radical (unpaired) electrons. The van der Waals surface area contributed by atoms with Gasteiger partial charge in [-0.05, 0) is 17.4 Å². The van der Waals surface area contributed by atoms with E-state index in [4.69, 9.17) is 5.73 Å². The van der Waals surface area contributed by atoms with E-state index in [-0.39, 0.29) is 6.04 Å². The van der Waals surface area contributed by atoms with Crippen molar-refractivity contribution in [3.05, 3.63) is 22.4 Å². The number of thiophene rings is 1. The zero-order valence-electron chi connectivity index (χ0n) is 7.08. The highest BCUT2D eigenvalue weighted by molar-refractivity contribution is 7.10. The van der Waals surface area contributed by atoms with Crippen molar-refractivity contribution in [1.82, 2.24) is 0 Å². The summed E-state index contributed by atoms with van der Waals surface area (Å²) in [5.41, 5.74) is 6.00. The molecule has 2 N–H and O–H groups in total. The minimum Gasteiger partial charge on any atom is -0.323 e. The van der Waals surface area contributed by atoms with Crippen LogP contribution in [0, 0.1) is 5.92 Å². The molecule has 0 spiro atoms. The first-order valence-electron chi connectivity index (χ1n) is 4.04. The SMILES string of the molecule is CCC(C)[C@@H](N)c1cccs1. The summed E-state index contributed by atoms with van der Waals surface area (Å²) in [6.07, 6.45) is 1.15. The number of hydrogen-bond acceptors (Lipinski definition) is 2. The Kier molecular flexibility index (Phi) is 3.09. The van der Waals surface area contributed by atoms with E-state index in [0.29, 0.717) is 5.92 Å². The van der Waals surface area contributed by atoms with Gasteiger partial charge in [-0.3, -0.25) is 0 Å². The lowest BCUT2D eigenvalue weighted by Gasteiger charge is -2.15. The predicted octanol–water partition coefficient (Wildman–Crippen LogP) is 2.79. The van der Waals surface area contributed by atoms with Gasteiger partial charge >= 0.3 is 0 Å². The van der Waals surface area contributed by atoms with Crippen LogP contribution in [0.3, 0.4) is 0 Å². The number of nitrogens with two attached hydrogens (primary N) is 1. The Balaban J connectivity index is 2.62. The quantitative estimate of drug-likeness (QED) is 0.739. The van der Waals surface area contributed by atoms with Crippen LogP contribution in [-0.4, -0.2) is 0 Å². The Labute approximate surface area is 72.2 Å². The summed E-state index contributed by atoms with van der Waals surface area (Å²) in [4.78, 5) is 1.30. The normalized spacial score (nSPS) is 16.3. The molecule has 0 saturated carbocycles. The molecule has 1 nitrogen and oxygen atoms in total. The van der Waals surface area contributed by atoms with Crippen molar-refractivity contribution in [1.29, 1.82) is 0 Å². The monoisotopic (exact) mass is 169 g/mol. The number of rotatable bonds is 3. The Morgan fingerprint density at radius 3 is 2.82 bits per heavy atom. The van der Waals surface area contributed by atoms with Crippen LogP contribution in [-0.2, 0) is 0 Å². The van der Waals surface area contributed by atoms with Gasteiger partial charge in [0.05, 0.1) is 0 Å². The molecule has 0 aliphatic heterocycles.